The third kappa shape index (κ3) is 3.67. The van der Waals surface area contributed by atoms with Crippen molar-refractivity contribution in [3.05, 3.63) is 55.8 Å². The highest BCUT2D eigenvalue weighted by Gasteiger charge is 2.21. The minimum atomic E-state index is -3.93. The number of nitro benzene ring substituents is 1. The molecule has 0 aliphatic rings. The van der Waals surface area contributed by atoms with Gasteiger partial charge < -0.3 is 0 Å². The second-order valence-corrected chi connectivity index (χ2v) is 7.07. The Hall–Kier alpha value is -1.75. The van der Waals surface area contributed by atoms with Gasteiger partial charge in [-0.25, -0.2) is 13.4 Å². The molecular formula is C12H10IN3O4S. The maximum atomic E-state index is 12.3. The largest absolute Gasteiger partial charge is 0.270 e. The molecule has 0 bridgehead atoms. The molecule has 0 fully saturated rings. The van der Waals surface area contributed by atoms with E-state index in [-0.39, 0.29) is 16.4 Å². The van der Waals surface area contributed by atoms with E-state index in [0.717, 1.165) is 9.64 Å². The van der Waals surface area contributed by atoms with Crippen LogP contribution in [0.4, 0.5) is 11.5 Å². The van der Waals surface area contributed by atoms with Crippen LogP contribution in [0.15, 0.2) is 41.4 Å². The first-order valence-electron chi connectivity index (χ1n) is 5.69. The number of aryl methyl sites for hydroxylation is 1. The molecule has 2 rings (SSSR count). The summed E-state index contributed by atoms with van der Waals surface area (Å²) in [5, 5.41) is 10.8. The molecule has 0 amide bonds. The fraction of sp³-hybridized carbons (Fsp3) is 0.0833. The molecule has 0 aliphatic carbocycles. The maximum absolute atomic E-state index is 12.3. The van der Waals surface area contributed by atoms with Gasteiger partial charge in [-0.15, -0.1) is 0 Å². The van der Waals surface area contributed by atoms with Crippen molar-refractivity contribution in [3.63, 3.8) is 0 Å². The third-order valence-electron chi connectivity index (χ3n) is 2.64. The Morgan fingerprint density at radius 1 is 1.29 bits per heavy atom. The van der Waals surface area contributed by atoms with E-state index in [9.17, 15) is 18.5 Å². The van der Waals surface area contributed by atoms with Gasteiger partial charge in [0.05, 0.1) is 9.82 Å². The molecule has 21 heavy (non-hydrogen) atoms. The Bertz CT molecular complexity index is 791. The number of rotatable bonds is 4. The molecule has 1 N–H and O–H groups in total. The summed E-state index contributed by atoms with van der Waals surface area (Å²) in [4.78, 5) is 13.9. The van der Waals surface area contributed by atoms with Gasteiger partial charge in [0.25, 0.3) is 15.7 Å². The summed E-state index contributed by atoms with van der Waals surface area (Å²) >= 11 is 2.05. The fourth-order valence-corrected chi connectivity index (χ4v) is 3.21. The quantitative estimate of drug-likeness (QED) is 0.467. The van der Waals surface area contributed by atoms with Crippen LogP contribution in [-0.2, 0) is 10.0 Å². The first kappa shape index (κ1) is 15.6. The van der Waals surface area contributed by atoms with Crippen LogP contribution in [0.3, 0.4) is 0 Å². The van der Waals surface area contributed by atoms with Crippen LogP contribution in [0.1, 0.15) is 5.56 Å². The number of hydrogen-bond donors (Lipinski definition) is 1. The molecule has 110 valence electrons. The summed E-state index contributed by atoms with van der Waals surface area (Å²) in [6.45, 7) is 1.57. The number of nitrogens with one attached hydrogen (secondary N) is 1. The number of hydrogen-bond acceptors (Lipinski definition) is 5. The van der Waals surface area contributed by atoms with Crippen molar-refractivity contribution in [1.29, 1.82) is 0 Å². The van der Waals surface area contributed by atoms with Gasteiger partial charge in [0, 0.05) is 21.9 Å². The fourth-order valence-electron chi connectivity index (χ4n) is 1.62. The average molecular weight is 419 g/mol. The molecule has 0 atom stereocenters. The van der Waals surface area contributed by atoms with E-state index in [1.807, 2.05) is 22.6 Å². The smallest absolute Gasteiger partial charge is 0.263 e. The van der Waals surface area contributed by atoms with Crippen LogP contribution >= 0.6 is 22.6 Å². The summed E-state index contributed by atoms with van der Waals surface area (Å²) in [6, 6.07) is 6.91. The molecule has 1 heterocycles. The van der Waals surface area contributed by atoms with Crippen molar-refractivity contribution in [2.24, 2.45) is 0 Å². The van der Waals surface area contributed by atoms with Crippen molar-refractivity contribution in [3.8, 4) is 0 Å². The van der Waals surface area contributed by atoms with Crippen molar-refractivity contribution in [1.82, 2.24) is 4.98 Å². The zero-order chi connectivity index (χ0) is 15.6. The molecule has 9 heteroatoms. The van der Waals surface area contributed by atoms with Gasteiger partial charge in [0.1, 0.15) is 5.82 Å². The molecular weight excluding hydrogens is 409 g/mol. The maximum Gasteiger partial charge on any atom is 0.270 e. The first-order chi connectivity index (χ1) is 9.79. The number of nitrogens with zero attached hydrogens (tertiary/aromatic N) is 2. The molecule has 7 nitrogen and oxygen atoms in total. The van der Waals surface area contributed by atoms with E-state index in [0.29, 0.717) is 5.56 Å². The number of sulfonamides is 1. The van der Waals surface area contributed by atoms with Gasteiger partial charge in [-0.05, 0) is 47.2 Å². The van der Waals surface area contributed by atoms with E-state index in [1.165, 1.54) is 24.4 Å². The number of aromatic nitrogens is 1. The van der Waals surface area contributed by atoms with Crippen molar-refractivity contribution < 1.29 is 13.3 Å². The predicted octanol–water partition coefficient (Wildman–Crippen LogP) is 2.70. The van der Waals surface area contributed by atoms with Gasteiger partial charge in [0.15, 0.2) is 0 Å². The summed E-state index contributed by atoms with van der Waals surface area (Å²) in [5.74, 6) is 0.154. The number of benzene rings is 1. The van der Waals surface area contributed by atoms with Gasteiger partial charge in [-0.2, -0.15) is 0 Å². The Labute approximate surface area is 134 Å². The lowest BCUT2D eigenvalue weighted by atomic mass is 10.2. The molecule has 0 unspecified atom stereocenters. The van der Waals surface area contributed by atoms with Gasteiger partial charge in [-0.3, -0.25) is 14.8 Å². The summed E-state index contributed by atoms with van der Waals surface area (Å²) < 4.78 is 27.8. The molecule has 1 aromatic carbocycles. The Morgan fingerprint density at radius 2 is 2.00 bits per heavy atom. The number of non-ortho nitro benzene ring substituents is 1. The van der Waals surface area contributed by atoms with Crippen LogP contribution in [0, 0.1) is 20.6 Å². The predicted molar refractivity (Wildman–Crippen MR) is 85.6 cm³/mol. The minimum absolute atomic E-state index is 0.142. The third-order valence-corrected chi connectivity index (χ3v) is 4.77. The van der Waals surface area contributed by atoms with Gasteiger partial charge in [-0.1, -0.05) is 6.07 Å². The van der Waals surface area contributed by atoms with Gasteiger partial charge >= 0.3 is 0 Å². The average Bonchev–Trinajstić information content (AvgIpc) is 2.41. The second kappa shape index (κ2) is 5.93. The Morgan fingerprint density at radius 3 is 2.57 bits per heavy atom. The summed E-state index contributed by atoms with van der Waals surface area (Å²) in [7, 11) is -3.93. The van der Waals surface area contributed by atoms with E-state index in [4.69, 9.17) is 0 Å². The van der Waals surface area contributed by atoms with Crippen molar-refractivity contribution in [2.75, 3.05) is 4.72 Å². The molecule has 0 aliphatic heterocycles. The molecule has 0 saturated carbocycles. The van der Waals surface area contributed by atoms with Crippen LogP contribution in [-0.4, -0.2) is 18.3 Å². The SMILES string of the molecule is Cc1ccc([N+](=O)[O-])cc1S(=O)(=O)Nc1ccc(I)cn1. The first-order valence-corrected chi connectivity index (χ1v) is 8.25. The highest BCUT2D eigenvalue weighted by atomic mass is 127. The zero-order valence-corrected chi connectivity index (χ0v) is 13.8. The highest BCUT2D eigenvalue weighted by Crippen LogP contribution is 2.23. The number of halogens is 1. The summed E-state index contributed by atoms with van der Waals surface area (Å²) in [6.07, 6.45) is 1.51. The Kier molecular flexibility index (Phi) is 4.42. The van der Waals surface area contributed by atoms with Crippen molar-refractivity contribution >= 4 is 44.1 Å². The molecule has 0 saturated heterocycles. The normalized spacial score (nSPS) is 11.1. The zero-order valence-electron chi connectivity index (χ0n) is 10.8. The van der Waals surface area contributed by atoms with Crippen molar-refractivity contribution in [2.45, 2.75) is 11.8 Å². The molecule has 0 spiro atoms. The lowest BCUT2D eigenvalue weighted by Gasteiger charge is -2.09. The number of anilines is 1. The molecule has 1 aromatic heterocycles. The minimum Gasteiger partial charge on any atom is -0.263 e. The van der Waals surface area contributed by atoms with Crippen LogP contribution in [0.25, 0.3) is 0 Å². The molecule has 0 radical (unpaired) electrons. The Balaban J connectivity index is 2.41. The van der Waals surface area contributed by atoms with E-state index >= 15 is 0 Å². The van der Waals surface area contributed by atoms with E-state index < -0.39 is 14.9 Å². The standard InChI is InChI=1S/C12H10IN3O4S/c1-8-2-4-10(16(17)18)6-11(8)21(19,20)15-12-5-3-9(13)7-14-12/h2-7H,1H3,(H,14,15). The van der Waals surface area contributed by atoms with Crippen LogP contribution in [0.5, 0.6) is 0 Å². The van der Waals surface area contributed by atoms with E-state index in [1.54, 1.807) is 13.0 Å². The lowest BCUT2D eigenvalue weighted by Crippen LogP contribution is -2.15. The van der Waals surface area contributed by atoms with E-state index in [2.05, 4.69) is 9.71 Å². The topological polar surface area (TPSA) is 102 Å². The monoisotopic (exact) mass is 419 g/mol. The number of nitro groups is 1. The highest BCUT2D eigenvalue weighted by molar-refractivity contribution is 14.1. The number of pyridine rings is 1. The van der Waals surface area contributed by atoms with Crippen LogP contribution in [0.2, 0.25) is 0 Å². The lowest BCUT2D eigenvalue weighted by molar-refractivity contribution is -0.385. The van der Waals surface area contributed by atoms with Crippen LogP contribution < -0.4 is 4.72 Å². The van der Waals surface area contributed by atoms with Gasteiger partial charge in [0.2, 0.25) is 0 Å². The summed E-state index contributed by atoms with van der Waals surface area (Å²) in [5.41, 5.74) is 0.134. The second-order valence-electron chi connectivity index (χ2n) is 4.17. The molecule has 2 aromatic rings.